The maximum Gasteiger partial charge on any atom is 0.248 e. The monoisotopic (exact) mass is 334 g/mol. The van der Waals surface area contributed by atoms with Gasteiger partial charge in [-0.3, -0.25) is 14.6 Å². The third-order valence-electron chi connectivity index (χ3n) is 3.59. The van der Waals surface area contributed by atoms with E-state index in [1.165, 1.54) is 12.3 Å². The summed E-state index contributed by atoms with van der Waals surface area (Å²) in [7, 11) is 0. The standard InChI is InChI=1S/C19H18N4O2/c1-13-2-4-17(8-15(13)12-24)23-19(25)5-3-14-11-22-7-6-18(14)16(9-20)10-21/h2-12,20H,21H2,1H3,(H,23,25)/b5-3+,16-10+,20-9?. The highest BCUT2D eigenvalue weighted by atomic mass is 16.1. The van der Waals surface area contributed by atoms with Crippen molar-refractivity contribution in [2.45, 2.75) is 6.92 Å². The molecule has 0 radical (unpaired) electrons. The number of benzene rings is 1. The van der Waals surface area contributed by atoms with Crippen molar-refractivity contribution in [1.29, 1.82) is 5.41 Å². The van der Waals surface area contributed by atoms with Crippen LogP contribution in [0.4, 0.5) is 5.69 Å². The minimum Gasteiger partial charge on any atom is -0.404 e. The Morgan fingerprint density at radius 1 is 1.28 bits per heavy atom. The molecule has 1 aromatic carbocycles. The number of rotatable bonds is 6. The highest BCUT2D eigenvalue weighted by molar-refractivity contribution is 6.10. The Balaban J connectivity index is 2.19. The van der Waals surface area contributed by atoms with E-state index in [4.69, 9.17) is 11.1 Å². The Labute approximate surface area is 145 Å². The van der Waals surface area contributed by atoms with Gasteiger partial charge >= 0.3 is 0 Å². The number of hydrogen-bond acceptors (Lipinski definition) is 5. The molecule has 0 bridgehead atoms. The van der Waals surface area contributed by atoms with Gasteiger partial charge in [0.2, 0.25) is 5.91 Å². The van der Waals surface area contributed by atoms with Crippen molar-refractivity contribution in [3.8, 4) is 0 Å². The second kappa shape index (κ2) is 8.35. The van der Waals surface area contributed by atoms with Gasteiger partial charge < -0.3 is 16.5 Å². The van der Waals surface area contributed by atoms with Crippen molar-refractivity contribution >= 4 is 35.7 Å². The van der Waals surface area contributed by atoms with Crippen LogP contribution in [-0.2, 0) is 4.79 Å². The van der Waals surface area contributed by atoms with Crippen LogP contribution in [0.5, 0.6) is 0 Å². The first kappa shape index (κ1) is 17.8. The number of allylic oxidation sites excluding steroid dienone is 1. The first-order valence-electron chi connectivity index (χ1n) is 7.50. The number of pyridine rings is 1. The van der Waals surface area contributed by atoms with Gasteiger partial charge in [0.05, 0.1) is 0 Å². The third kappa shape index (κ3) is 4.48. The normalized spacial score (nSPS) is 11.3. The molecule has 0 aliphatic heterocycles. The molecular weight excluding hydrogens is 316 g/mol. The zero-order valence-corrected chi connectivity index (χ0v) is 13.7. The van der Waals surface area contributed by atoms with Gasteiger partial charge in [-0.2, -0.15) is 0 Å². The van der Waals surface area contributed by atoms with Crippen molar-refractivity contribution in [2.75, 3.05) is 5.32 Å². The van der Waals surface area contributed by atoms with Gasteiger partial charge in [-0.1, -0.05) is 6.07 Å². The van der Waals surface area contributed by atoms with Crippen LogP contribution in [0.2, 0.25) is 0 Å². The number of anilines is 1. The summed E-state index contributed by atoms with van der Waals surface area (Å²) in [5.74, 6) is -0.344. The van der Waals surface area contributed by atoms with Crippen molar-refractivity contribution in [3.63, 3.8) is 0 Å². The average Bonchev–Trinajstić information content (AvgIpc) is 2.63. The molecule has 0 fully saturated rings. The van der Waals surface area contributed by atoms with Crippen LogP contribution in [0.1, 0.15) is 27.0 Å². The molecule has 1 heterocycles. The predicted molar refractivity (Wildman–Crippen MR) is 99.4 cm³/mol. The number of hydrogen-bond donors (Lipinski definition) is 3. The summed E-state index contributed by atoms with van der Waals surface area (Å²) < 4.78 is 0. The summed E-state index contributed by atoms with van der Waals surface area (Å²) in [4.78, 5) is 27.1. The van der Waals surface area contributed by atoms with Crippen LogP contribution in [0, 0.1) is 12.3 Å². The number of nitrogens with two attached hydrogens (primary N) is 1. The zero-order chi connectivity index (χ0) is 18.2. The fourth-order valence-corrected chi connectivity index (χ4v) is 2.21. The molecule has 0 unspecified atom stereocenters. The molecule has 6 nitrogen and oxygen atoms in total. The van der Waals surface area contributed by atoms with Crippen molar-refractivity contribution in [3.05, 3.63) is 71.2 Å². The van der Waals surface area contributed by atoms with Gasteiger partial charge in [-0.05, 0) is 42.3 Å². The molecule has 0 atom stereocenters. The van der Waals surface area contributed by atoms with Gasteiger partial charge in [0.1, 0.15) is 6.29 Å². The summed E-state index contributed by atoms with van der Waals surface area (Å²) in [6, 6.07) is 6.84. The Bertz CT molecular complexity index is 869. The number of carbonyl (C=O) groups is 2. The fraction of sp³-hybridized carbons (Fsp3) is 0.0526. The van der Waals surface area contributed by atoms with E-state index in [0.29, 0.717) is 28.0 Å². The maximum atomic E-state index is 12.1. The molecule has 126 valence electrons. The number of aldehydes is 1. The quantitative estimate of drug-likeness (QED) is 0.429. The molecule has 6 heteroatoms. The second-order valence-electron chi connectivity index (χ2n) is 5.24. The highest BCUT2D eigenvalue weighted by Gasteiger charge is 2.05. The lowest BCUT2D eigenvalue weighted by atomic mass is 10.0. The molecule has 0 spiro atoms. The van der Waals surface area contributed by atoms with Crippen LogP contribution in [0.25, 0.3) is 11.6 Å². The predicted octanol–water partition coefficient (Wildman–Crippen LogP) is 2.80. The SMILES string of the molecule is Cc1ccc(NC(=O)/C=C/c2cnccc2/C(C=N)=C/N)cc1C=O. The fourth-order valence-electron chi connectivity index (χ4n) is 2.21. The Morgan fingerprint density at radius 2 is 2.08 bits per heavy atom. The molecular formula is C19H18N4O2. The van der Waals surface area contributed by atoms with Crippen molar-refractivity contribution in [1.82, 2.24) is 4.98 Å². The lowest BCUT2D eigenvalue weighted by Gasteiger charge is -2.06. The Morgan fingerprint density at radius 3 is 2.76 bits per heavy atom. The van der Waals surface area contributed by atoms with Crippen LogP contribution >= 0.6 is 0 Å². The van der Waals surface area contributed by atoms with Crippen LogP contribution in [0.3, 0.4) is 0 Å². The maximum absolute atomic E-state index is 12.1. The van der Waals surface area contributed by atoms with Gasteiger partial charge in [0.25, 0.3) is 0 Å². The minimum absolute atomic E-state index is 0.344. The third-order valence-corrected chi connectivity index (χ3v) is 3.59. The zero-order valence-electron chi connectivity index (χ0n) is 13.7. The van der Waals surface area contributed by atoms with E-state index in [1.807, 2.05) is 6.92 Å². The average molecular weight is 334 g/mol. The Kier molecular flexibility index (Phi) is 5.95. The summed E-state index contributed by atoms with van der Waals surface area (Å²) in [5, 5.41) is 10.1. The number of amides is 1. The number of carbonyl (C=O) groups excluding carboxylic acids is 2. The molecule has 0 saturated carbocycles. The molecule has 0 saturated heterocycles. The highest BCUT2D eigenvalue weighted by Crippen LogP contribution is 2.18. The number of nitrogens with zero attached hydrogens (tertiary/aromatic N) is 1. The molecule has 25 heavy (non-hydrogen) atoms. The minimum atomic E-state index is -0.344. The van der Waals surface area contributed by atoms with Crippen molar-refractivity contribution in [2.24, 2.45) is 5.73 Å². The largest absolute Gasteiger partial charge is 0.404 e. The number of nitrogens with one attached hydrogen (secondary N) is 2. The van der Waals surface area contributed by atoms with E-state index in [9.17, 15) is 9.59 Å². The lowest BCUT2D eigenvalue weighted by Crippen LogP contribution is -2.08. The van der Waals surface area contributed by atoms with E-state index in [1.54, 1.807) is 42.7 Å². The van der Waals surface area contributed by atoms with Crippen LogP contribution < -0.4 is 11.1 Å². The summed E-state index contributed by atoms with van der Waals surface area (Å²) in [6.07, 6.45) is 9.35. The van der Waals surface area contributed by atoms with Crippen LogP contribution in [0.15, 0.2) is 48.9 Å². The van der Waals surface area contributed by atoms with E-state index in [2.05, 4.69) is 10.3 Å². The smallest absolute Gasteiger partial charge is 0.248 e. The molecule has 0 aliphatic rings. The topological polar surface area (TPSA) is 109 Å². The van der Waals surface area contributed by atoms with E-state index in [-0.39, 0.29) is 5.91 Å². The second-order valence-corrected chi connectivity index (χ2v) is 5.24. The van der Waals surface area contributed by atoms with E-state index >= 15 is 0 Å². The van der Waals surface area contributed by atoms with Gasteiger partial charge in [0.15, 0.2) is 0 Å². The van der Waals surface area contributed by atoms with Gasteiger partial charge in [-0.15, -0.1) is 0 Å². The molecule has 1 amide bonds. The first-order valence-corrected chi connectivity index (χ1v) is 7.50. The van der Waals surface area contributed by atoms with E-state index < -0.39 is 0 Å². The molecule has 4 N–H and O–H groups in total. The number of aromatic nitrogens is 1. The first-order chi connectivity index (χ1) is 12.1. The van der Waals surface area contributed by atoms with Gasteiger partial charge in [0, 0.05) is 53.3 Å². The molecule has 0 aliphatic carbocycles. The van der Waals surface area contributed by atoms with E-state index in [0.717, 1.165) is 18.1 Å². The van der Waals surface area contributed by atoms with Crippen LogP contribution in [-0.4, -0.2) is 23.4 Å². The molecule has 1 aromatic heterocycles. The lowest BCUT2D eigenvalue weighted by molar-refractivity contribution is -0.111. The van der Waals surface area contributed by atoms with Gasteiger partial charge in [-0.25, -0.2) is 0 Å². The summed E-state index contributed by atoms with van der Waals surface area (Å²) in [6.45, 7) is 1.82. The summed E-state index contributed by atoms with van der Waals surface area (Å²) >= 11 is 0. The van der Waals surface area contributed by atoms with Crippen molar-refractivity contribution < 1.29 is 9.59 Å². The number of aryl methyl sites for hydroxylation is 1. The Hall–Kier alpha value is -3.54. The summed E-state index contributed by atoms with van der Waals surface area (Å²) in [5.41, 5.74) is 9.32. The molecule has 2 rings (SSSR count). The molecule has 2 aromatic rings.